The van der Waals surface area contributed by atoms with Crippen LogP contribution < -0.4 is 5.73 Å². The van der Waals surface area contributed by atoms with Crippen molar-refractivity contribution in [3.8, 4) is 0 Å². The smallest absolute Gasteiger partial charge is 0.320 e. The minimum absolute atomic E-state index is 0.499. The Labute approximate surface area is 103 Å². The fourth-order valence-corrected chi connectivity index (χ4v) is 2.31. The highest BCUT2D eigenvalue weighted by Gasteiger charge is 2.10. The molecule has 0 spiro atoms. The quantitative estimate of drug-likeness (QED) is 0.600. The van der Waals surface area contributed by atoms with E-state index in [1.54, 1.807) is 0 Å². The van der Waals surface area contributed by atoms with Crippen molar-refractivity contribution in [2.75, 3.05) is 0 Å². The molecule has 1 aromatic rings. The molecule has 0 aliphatic rings. The van der Waals surface area contributed by atoms with Crippen LogP contribution in [0, 0.1) is 10.9 Å². The van der Waals surface area contributed by atoms with Crippen LogP contribution in [0.1, 0.15) is 25.1 Å². The van der Waals surface area contributed by atoms with Gasteiger partial charge in [0.05, 0.1) is 0 Å². The fraction of sp³-hybridized carbons (Fsp3) is 0.667. The summed E-state index contributed by atoms with van der Waals surface area (Å²) in [7, 11) is 0. The Morgan fingerprint density at radius 1 is 1.69 bits per heavy atom. The number of unbranched alkanes of at least 4 members (excludes halogenated alkanes) is 1. The number of carboxylic acid groups (broad SMARTS) is 1. The van der Waals surface area contributed by atoms with Gasteiger partial charge >= 0.3 is 5.97 Å². The van der Waals surface area contributed by atoms with Gasteiger partial charge in [0, 0.05) is 6.54 Å². The zero-order valence-corrected chi connectivity index (χ0v) is 10.7. The molecule has 5 nitrogen and oxygen atoms in total. The fourth-order valence-electron chi connectivity index (χ4n) is 1.35. The summed E-state index contributed by atoms with van der Waals surface area (Å²) in [5.41, 5.74) is 5.40. The highest BCUT2D eigenvalue weighted by Crippen LogP contribution is 2.08. The van der Waals surface area contributed by atoms with Crippen LogP contribution >= 0.6 is 23.8 Å². The molecule has 1 heterocycles. The molecule has 1 rings (SSSR count). The molecule has 90 valence electrons. The second kappa shape index (κ2) is 6.07. The number of carboxylic acids is 1. The Hall–Kier alpha value is -0.790. The molecule has 0 saturated carbocycles. The molecule has 0 bridgehead atoms. The molecule has 0 aliphatic carbocycles. The average Bonchev–Trinajstić information content (AvgIpc) is 2.54. The zero-order valence-electron chi connectivity index (χ0n) is 9.05. The second-order valence-corrected chi connectivity index (χ2v) is 4.98. The molecule has 0 saturated heterocycles. The molecule has 7 heteroatoms. The van der Waals surface area contributed by atoms with E-state index in [1.807, 2.05) is 11.5 Å². The zero-order chi connectivity index (χ0) is 12.1. The van der Waals surface area contributed by atoms with Crippen LogP contribution in [0.25, 0.3) is 0 Å². The van der Waals surface area contributed by atoms with Crippen LogP contribution in [0.2, 0.25) is 0 Å². The van der Waals surface area contributed by atoms with E-state index in [4.69, 9.17) is 23.1 Å². The van der Waals surface area contributed by atoms with Crippen molar-refractivity contribution in [2.45, 2.75) is 38.8 Å². The Kier molecular flexibility index (Phi) is 5.04. The van der Waals surface area contributed by atoms with Gasteiger partial charge in [-0.2, -0.15) is 4.37 Å². The van der Waals surface area contributed by atoms with E-state index in [0.29, 0.717) is 6.42 Å². The van der Waals surface area contributed by atoms with Gasteiger partial charge in [0.2, 0.25) is 0 Å². The third-order valence-corrected chi connectivity index (χ3v) is 3.51. The molecule has 0 radical (unpaired) electrons. The summed E-state index contributed by atoms with van der Waals surface area (Å²) in [6, 6.07) is -0.755. The minimum atomic E-state index is -0.940. The molecule has 0 aromatic carbocycles. The topological polar surface area (TPSA) is 81.1 Å². The summed E-state index contributed by atoms with van der Waals surface area (Å²) in [4.78, 5) is 10.5. The number of carbonyl (C=O) groups is 1. The first-order valence-electron chi connectivity index (χ1n) is 5.04. The summed E-state index contributed by atoms with van der Waals surface area (Å²) in [5.74, 6) is -0.0254. The number of hydrogen-bond acceptors (Lipinski definition) is 5. The number of aryl methyl sites for hydroxylation is 1. The molecule has 1 atom stereocenters. The van der Waals surface area contributed by atoms with Gasteiger partial charge in [-0.05, 0) is 49.9 Å². The number of aromatic nitrogens is 2. The molecule has 1 unspecified atom stereocenters. The summed E-state index contributed by atoms with van der Waals surface area (Å²) in [6.45, 7) is 2.70. The predicted molar refractivity (Wildman–Crippen MR) is 65.1 cm³/mol. The van der Waals surface area contributed by atoms with Crippen molar-refractivity contribution in [3.63, 3.8) is 0 Å². The first-order valence-corrected chi connectivity index (χ1v) is 6.22. The van der Waals surface area contributed by atoms with E-state index in [-0.39, 0.29) is 0 Å². The third-order valence-electron chi connectivity index (χ3n) is 2.33. The number of rotatable bonds is 6. The van der Waals surface area contributed by atoms with E-state index in [0.717, 1.165) is 29.2 Å². The van der Waals surface area contributed by atoms with E-state index >= 15 is 0 Å². The van der Waals surface area contributed by atoms with Gasteiger partial charge < -0.3 is 15.4 Å². The van der Waals surface area contributed by atoms with Gasteiger partial charge in [-0.3, -0.25) is 4.79 Å². The first kappa shape index (κ1) is 13.3. The van der Waals surface area contributed by atoms with Crippen molar-refractivity contribution in [1.29, 1.82) is 0 Å². The first-order chi connectivity index (χ1) is 7.52. The highest BCUT2D eigenvalue weighted by atomic mass is 32.2. The largest absolute Gasteiger partial charge is 0.480 e. The molecular formula is C9H15N3O2S2. The Morgan fingerprint density at radius 2 is 2.38 bits per heavy atom. The number of nitrogens with two attached hydrogens (primary N) is 1. The SMILES string of the molecule is Cc1nsc(=S)n1CCCCC(N)C(=O)O. The molecule has 1 aromatic heterocycles. The number of nitrogens with zero attached hydrogens (tertiary/aromatic N) is 2. The lowest BCUT2D eigenvalue weighted by molar-refractivity contribution is -0.138. The Bertz CT molecular complexity index is 413. The molecule has 0 fully saturated rings. The summed E-state index contributed by atoms with van der Waals surface area (Å²) in [5, 5.41) is 8.60. The summed E-state index contributed by atoms with van der Waals surface area (Å²) >= 11 is 6.42. The Balaban J connectivity index is 2.32. The van der Waals surface area contributed by atoms with E-state index in [2.05, 4.69) is 4.37 Å². The number of aliphatic carboxylic acids is 1. The lowest BCUT2D eigenvalue weighted by Gasteiger charge is -2.07. The van der Waals surface area contributed by atoms with Crippen LogP contribution in [-0.2, 0) is 11.3 Å². The summed E-state index contributed by atoms with van der Waals surface area (Å²) < 4.78 is 6.87. The second-order valence-electron chi connectivity index (χ2n) is 3.59. The minimum Gasteiger partial charge on any atom is -0.480 e. The van der Waals surface area contributed by atoms with Crippen molar-refractivity contribution in [1.82, 2.24) is 8.94 Å². The van der Waals surface area contributed by atoms with Crippen molar-refractivity contribution >= 4 is 29.7 Å². The lowest BCUT2D eigenvalue weighted by atomic mass is 10.1. The standard InChI is InChI=1S/C9H15N3O2S2/c1-6-11-16-9(15)12(6)5-3-2-4-7(10)8(13)14/h7H,2-5,10H2,1H3,(H,13,14). The predicted octanol–water partition coefficient (Wildman–Crippen LogP) is 1.56. The molecular weight excluding hydrogens is 246 g/mol. The van der Waals surface area contributed by atoms with Crippen LogP contribution in [0.3, 0.4) is 0 Å². The van der Waals surface area contributed by atoms with Crippen LogP contribution in [0.15, 0.2) is 0 Å². The van der Waals surface area contributed by atoms with E-state index < -0.39 is 12.0 Å². The van der Waals surface area contributed by atoms with E-state index in [9.17, 15) is 4.79 Å². The van der Waals surface area contributed by atoms with Crippen molar-refractivity contribution in [3.05, 3.63) is 9.78 Å². The summed E-state index contributed by atoms with van der Waals surface area (Å²) in [6.07, 6.45) is 2.15. The molecule has 0 amide bonds. The molecule has 16 heavy (non-hydrogen) atoms. The van der Waals surface area contributed by atoms with Gasteiger partial charge in [-0.1, -0.05) is 0 Å². The van der Waals surface area contributed by atoms with Crippen LogP contribution in [0.4, 0.5) is 0 Å². The lowest BCUT2D eigenvalue weighted by Crippen LogP contribution is -2.29. The van der Waals surface area contributed by atoms with Gasteiger partial charge in [-0.15, -0.1) is 0 Å². The van der Waals surface area contributed by atoms with Crippen molar-refractivity contribution < 1.29 is 9.90 Å². The van der Waals surface area contributed by atoms with Gasteiger partial charge in [-0.25, -0.2) is 0 Å². The average molecular weight is 261 g/mol. The number of hydrogen-bond donors (Lipinski definition) is 2. The molecule has 0 aliphatic heterocycles. The van der Waals surface area contributed by atoms with Crippen LogP contribution in [-0.4, -0.2) is 26.1 Å². The maximum absolute atomic E-state index is 10.5. The Morgan fingerprint density at radius 3 is 2.88 bits per heavy atom. The maximum Gasteiger partial charge on any atom is 0.320 e. The molecule has 3 N–H and O–H groups in total. The van der Waals surface area contributed by atoms with E-state index in [1.165, 1.54) is 11.5 Å². The van der Waals surface area contributed by atoms with Gasteiger partial charge in [0.15, 0.2) is 3.95 Å². The third kappa shape index (κ3) is 3.66. The maximum atomic E-state index is 10.5. The van der Waals surface area contributed by atoms with Crippen LogP contribution in [0.5, 0.6) is 0 Å². The monoisotopic (exact) mass is 261 g/mol. The normalized spacial score (nSPS) is 12.6. The van der Waals surface area contributed by atoms with Gasteiger partial charge in [0.1, 0.15) is 11.9 Å². The van der Waals surface area contributed by atoms with Crippen molar-refractivity contribution in [2.24, 2.45) is 5.73 Å². The van der Waals surface area contributed by atoms with Gasteiger partial charge in [0.25, 0.3) is 0 Å². The highest BCUT2D eigenvalue weighted by molar-refractivity contribution is 7.73.